The summed E-state index contributed by atoms with van der Waals surface area (Å²) in [6.07, 6.45) is 3.75. The number of aliphatic hydroxyl groups excluding tert-OH is 1. The minimum atomic E-state index is 0.214. The predicted octanol–water partition coefficient (Wildman–Crippen LogP) is 0.559. The average molecular weight is 240 g/mol. The third-order valence-corrected chi connectivity index (χ3v) is 4.21. The molecule has 0 aliphatic carbocycles. The van der Waals surface area contributed by atoms with Gasteiger partial charge in [-0.25, -0.2) is 0 Å². The predicted molar refractivity (Wildman–Crippen MR) is 66.6 cm³/mol. The Hall–Kier alpha value is -0.610. The van der Waals surface area contributed by atoms with Gasteiger partial charge in [0.2, 0.25) is 5.91 Å². The van der Waals surface area contributed by atoms with E-state index in [0.717, 1.165) is 32.1 Å². The molecule has 0 unspecified atom stereocenters. The van der Waals surface area contributed by atoms with Crippen molar-refractivity contribution in [3.63, 3.8) is 0 Å². The molecule has 4 nitrogen and oxygen atoms in total. The average Bonchev–Trinajstić information content (AvgIpc) is 2.28. The lowest BCUT2D eigenvalue weighted by molar-refractivity contribution is -0.140. The molecular formula is C13H24N2O2. The van der Waals surface area contributed by atoms with E-state index in [1.54, 1.807) is 0 Å². The van der Waals surface area contributed by atoms with Gasteiger partial charge in [0, 0.05) is 25.6 Å². The van der Waals surface area contributed by atoms with E-state index in [-0.39, 0.29) is 12.5 Å². The third kappa shape index (κ3) is 3.19. The maximum atomic E-state index is 11.9. The van der Waals surface area contributed by atoms with Crippen LogP contribution in [0.5, 0.6) is 0 Å². The number of carbonyl (C=O) groups excluding carboxylic acids is 1. The van der Waals surface area contributed by atoms with Crippen LogP contribution in [-0.2, 0) is 4.79 Å². The van der Waals surface area contributed by atoms with Crippen molar-refractivity contribution in [2.75, 3.05) is 39.3 Å². The Kier molecular flexibility index (Phi) is 4.40. The highest BCUT2D eigenvalue weighted by Gasteiger charge is 2.31. The van der Waals surface area contributed by atoms with Crippen LogP contribution in [0.1, 0.15) is 26.2 Å². The summed E-state index contributed by atoms with van der Waals surface area (Å²) in [5.41, 5.74) is 0. The molecule has 0 atom stereocenters. The van der Waals surface area contributed by atoms with Gasteiger partial charge in [0.05, 0.1) is 6.54 Å². The van der Waals surface area contributed by atoms with E-state index in [1.807, 2.05) is 4.90 Å². The van der Waals surface area contributed by atoms with Crippen LogP contribution in [-0.4, -0.2) is 60.1 Å². The second-order valence-electron chi connectivity index (χ2n) is 5.48. The van der Waals surface area contributed by atoms with Gasteiger partial charge < -0.3 is 10.0 Å². The second-order valence-corrected chi connectivity index (χ2v) is 5.48. The first-order chi connectivity index (χ1) is 8.22. The van der Waals surface area contributed by atoms with Crippen LogP contribution in [0.4, 0.5) is 0 Å². The van der Waals surface area contributed by atoms with Crippen LogP contribution >= 0.6 is 0 Å². The third-order valence-electron chi connectivity index (χ3n) is 4.21. The van der Waals surface area contributed by atoms with Gasteiger partial charge in [0.25, 0.3) is 0 Å². The van der Waals surface area contributed by atoms with Crippen LogP contribution in [0.25, 0.3) is 0 Å². The number of carbonyl (C=O) groups is 1. The zero-order valence-corrected chi connectivity index (χ0v) is 10.8. The maximum absolute atomic E-state index is 11.9. The molecule has 2 heterocycles. The van der Waals surface area contributed by atoms with Crippen LogP contribution in [0.15, 0.2) is 0 Å². The Balaban J connectivity index is 1.66. The molecule has 2 aliphatic heterocycles. The summed E-state index contributed by atoms with van der Waals surface area (Å²) in [5.74, 6) is 1.43. The molecule has 98 valence electrons. The molecular weight excluding hydrogens is 216 g/mol. The molecule has 4 heteroatoms. The zero-order valence-electron chi connectivity index (χ0n) is 10.8. The topological polar surface area (TPSA) is 43.8 Å². The number of hydrogen-bond acceptors (Lipinski definition) is 3. The lowest BCUT2D eigenvalue weighted by Crippen LogP contribution is -2.54. The molecule has 0 aromatic rings. The number of amides is 1. The van der Waals surface area contributed by atoms with Gasteiger partial charge in [-0.05, 0) is 31.8 Å². The second kappa shape index (κ2) is 5.83. The molecule has 0 radical (unpaired) electrons. The molecule has 2 rings (SSSR count). The summed E-state index contributed by atoms with van der Waals surface area (Å²) in [7, 11) is 0. The van der Waals surface area contributed by atoms with Gasteiger partial charge in [-0.3, -0.25) is 9.69 Å². The highest BCUT2D eigenvalue weighted by atomic mass is 16.3. The molecule has 0 spiro atoms. The number of likely N-dealkylation sites (tertiary alicyclic amines) is 2. The fourth-order valence-electron chi connectivity index (χ4n) is 2.73. The van der Waals surface area contributed by atoms with Crippen molar-refractivity contribution in [1.29, 1.82) is 0 Å². The highest BCUT2D eigenvalue weighted by Crippen LogP contribution is 2.20. The van der Waals surface area contributed by atoms with Crippen molar-refractivity contribution in [2.45, 2.75) is 26.2 Å². The van der Waals surface area contributed by atoms with E-state index in [1.165, 1.54) is 19.3 Å². The van der Waals surface area contributed by atoms with E-state index in [9.17, 15) is 4.79 Å². The molecule has 0 saturated carbocycles. The smallest absolute Gasteiger partial charge is 0.236 e. The summed E-state index contributed by atoms with van der Waals surface area (Å²) < 4.78 is 0. The minimum absolute atomic E-state index is 0.214. The number of aliphatic hydroxyl groups is 1. The number of nitrogens with zero attached hydrogens (tertiary/aromatic N) is 2. The largest absolute Gasteiger partial charge is 0.396 e. The van der Waals surface area contributed by atoms with E-state index >= 15 is 0 Å². The summed E-state index contributed by atoms with van der Waals surface area (Å²) in [4.78, 5) is 16.1. The fraction of sp³-hybridized carbons (Fsp3) is 0.923. The Labute approximate surface area is 104 Å². The SMILES string of the molecule is CCC1CCN(CC(=O)N2CC(CO)C2)CC1. The number of hydrogen-bond donors (Lipinski definition) is 1. The monoisotopic (exact) mass is 240 g/mol. The summed E-state index contributed by atoms with van der Waals surface area (Å²) in [6.45, 7) is 6.69. The molecule has 0 aromatic carbocycles. The molecule has 2 aliphatic rings. The normalized spacial score (nSPS) is 23.8. The van der Waals surface area contributed by atoms with Gasteiger partial charge in [-0.1, -0.05) is 13.3 Å². The molecule has 17 heavy (non-hydrogen) atoms. The molecule has 1 N–H and O–H groups in total. The minimum Gasteiger partial charge on any atom is -0.396 e. The van der Waals surface area contributed by atoms with Crippen molar-refractivity contribution < 1.29 is 9.90 Å². The van der Waals surface area contributed by atoms with Gasteiger partial charge in [-0.15, -0.1) is 0 Å². The van der Waals surface area contributed by atoms with E-state index in [2.05, 4.69) is 11.8 Å². The highest BCUT2D eigenvalue weighted by molar-refractivity contribution is 5.79. The van der Waals surface area contributed by atoms with Crippen molar-refractivity contribution in [2.24, 2.45) is 11.8 Å². The van der Waals surface area contributed by atoms with E-state index in [0.29, 0.717) is 12.5 Å². The lowest BCUT2D eigenvalue weighted by atomic mass is 9.94. The van der Waals surface area contributed by atoms with Crippen molar-refractivity contribution in [1.82, 2.24) is 9.80 Å². The Morgan fingerprint density at radius 3 is 2.41 bits per heavy atom. The fourth-order valence-corrected chi connectivity index (χ4v) is 2.73. The van der Waals surface area contributed by atoms with Gasteiger partial charge in [0.1, 0.15) is 0 Å². The van der Waals surface area contributed by atoms with Gasteiger partial charge >= 0.3 is 0 Å². The standard InChI is InChI=1S/C13H24N2O2/c1-2-11-3-5-14(6-4-11)9-13(17)15-7-12(8-15)10-16/h11-12,16H,2-10H2,1H3. The van der Waals surface area contributed by atoms with Gasteiger partial charge in [-0.2, -0.15) is 0 Å². The quantitative estimate of drug-likeness (QED) is 0.781. The van der Waals surface area contributed by atoms with Crippen molar-refractivity contribution in [3.05, 3.63) is 0 Å². The summed E-state index contributed by atoms with van der Waals surface area (Å²) in [6, 6.07) is 0. The maximum Gasteiger partial charge on any atom is 0.236 e. The summed E-state index contributed by atoms with van der Waals surface area (Å²) in [5, 5.41) is 8.91. The number of piperidine rings is 1. The van der Waals surface area contributed by atoms with E-state index in [4.69, 9.17) is 5.11 Å². The molecule has 0 aromatic heterocycles. The van der Waals surface area contributed by atoms with Crippen molar-refractivity contribution in [3.8, 4) is 0 Å². The zero-order chi connectivity index (χ0) is 12.3. The van der Waals surface area contributed by atoms with Crippen molar-refractivity contribution >= 4 is 5.91 Å². The molecule has 2 fully saturated rings. The van der Waals surface area contributed by atoms with Crippen LogP contribution in [0.2, 0.25) is 0 Å². The Bertz CT molecular complexity index is 256. The molecule has 0 bridgehead atoms. The van der Waals surface area contributed by atoms with Crippen LogP contribution in [0.3, 0.4) is 0 Å². The summed E-state index contributed by atoms with van der Waals surface area (Å²) >= 11 is 0. The molecule has 1 amide bonds. The van der Waals surface area contributed by atoms with Gasteiger partial charge in [0.15, 0.2) is 0 Å². The number of rotatable bonds is 4. The first-order valence-electron chi connectivity index (χ1n) is 6.84. The lowest BCUT2D eigenvalue weighted by Gasteiger charge is -2.40. The Morgan fingerprint density at radius 2 is 1.88 bits per heavy atom. The Morgan fingerprint density at radius 1 is 1.24 bits per heavy atom. The first-order valence-corrected chi connectivity index (χ1v) is 6.84. The van der Waals surface area contributed by atoms with E-state index < -0.39 is 0 Å². The first kappa shape index (κ1) is 12.8. The molecule has 2 saturated heterocycles. The van der Waals surface area contributed by atoms with Crippen LogP contribution < -0.4 is 0 Å². The van der Waals surface area contributed by atoms with Crippen LogP contribution in [0, 0.1) is 11.8 Å².